The van der Waals surface area contributed by atoms with Crippen LogP contribution in [0, 0.1) is 0 Å². The van der Waals surface area contributed by atoms with Gasteiger partial charge in [0, 0.05) is 12.1 Å². The molecule has 1 amide bonds. The molecule has 0 aromatic heterocycles. The summed E-state index contributed by atoms with van der Waals surface area (Å²) >= 11 is 0. The average molecular weight is 540 g/mol. The number of primary amides is 1. The maximum Gasteiger partial charge on any atom is 0.248 e. The van der Waals surface area contributed by atoms with Crippen LogP contribution in [0.5, 0.6) is 11.5 Å². The Morgan fingerprint density at radius 1 is 1.03 bits per heavy atom. The van der Waals surface area contributed by atoms with Gasteiger partial charge in [0.15, 0.2) is 17.5 Å². The van der Waals surface area contributed by atoms with Gasteiger partial charge in [-0.1, -0.05) is 18.2 Å². The molecule has 0 heterocycles. The number of halogens is 1. The fourth-order valence-corrected chi connectivity index (χ4v) is 2.89. The van der Waals surface area contributed by atoms with Gasteiger partial charge >= 0.3 is 0 Å². The number of amides is 1. The summed E-state index contributed by atoms with van der Waals surface area (Å²) in [5.41, 5.74) is 7.83. The van der Waals surface area contributed by atoms with Gasteiger partial charge in [0.25, 0.3) is 0 Å². The van der Waals surface area contributed by atoms with Crippen LogP contribution in [0.4, 0.5) is 0 Å². The quantitative estimate of drug-likeness (QED) is 0.240. The highest BCUT2D eigenvalue weighted by molar-refractivity contribution is 14.0. The van der Waals surface area contributed by atoms with E-state index in [4.69, 9.17) is 15.2 Å². The Balaban J connectivity index is 0.00000480. The normalized spacial score (nSPS) is 11.8. The van der Waals surface area contributed by atoms with E-state index < -0.39 is 5.91 Å². The van der Waals surface area contributed by atoms with E-state index in [1.54, 1.807) is 12.1 Å². The van der Waals surface area contributed by atoms with Gasteiger partial charge in [0.2, 0.25) is 5.91 Å². The molecule has 4 N–H and O–H groups in total. The van der Waals surface area contributed by atoms with Crippen molar-refractivity contribution >= 4 is 35.8 Å². The zero-order chi connectivity index (χ0) is 21.9. The molecule has 0 saturated carbocycles. The number of aliphatic imine (C=N–C) groups is 1. The second kappa shape index (κ2) is 13.7. The Morgan fingerprint density at radius 2 is 1.68 bits per heavy atom. The summed E-state index contributed by atoms with van der Waals surface area (Å²) in [5.74, 6) is 1.75. The van der Waals surface area contributed by atoms with Gasteiger partial charge in [0.1, 0.15) is 0 Å². The van der Waals surface area contributed by atoms with Gasteiger partial charge in [-0.2, -0.15) is 0 Å². The number of ether oxygens (including phenoxy) is 2. The lowest BCUT2D eigenvalue weighted by Crippen LogP contribution is -2.38. The highest BCUT2D eigenvalue weighted by Gasteiger charge is 2.12. The van der Waals surface area contributed by atoms with E-state index in [1.165, 1.54) is 0 Å². The molecule has 2 rings (SSSR count). The Labute approximate surface area is 201 Å². The van der Waals surface area contributed by atoms with Crippen LogP contribution in [0.3, 0.4) is 0 Å². The van der Waals surface area contributed by atoms with Crippen LogP contribution in [0.15, 0.2) is 47.5 Å². The third-order valence-electron chi connectivity index (χ3n) is 4.42. The number of carbonyl (C=O) groups excluding carboxylic acids is 1. The lowest BCUT2D eigenvalue weighted by Gasteiger charge is -2.20. The van der Waals surface area contributed by atoms with Gasteiger partial charge < -0.3 is 25.8 Å². The summed E-state index contributed by atoms with van der Waals surface area (Å²) in [7, 11) is 0. The van der Waals surface area contributed by atoms with Gasteiger partial charge in [-0.3, -0.25) is 4.79 Å². The third kappa shape index (κ3) is 8.28. The number of hydrogen-bond donors (Lipinski definition) is 3. The van der Waals surface area contributed by atoms with Crippen LogP contribution >= 0.6 is 24.0 Å². The molecule has 0 fully saturated rings. The SMILES string of the molecule is CCNC(=NCc1ccc(C(N)=O)cc1)NC(C)c1ccc(OCC)c(OCC)c1.I. The highest BCUT2D eigenvalue weighted by atomic mass is 127. The molecule has 170 valence electrons. The first-order valence-corrected chi connectivity index (χ1v) is 10.3. The van der Waals surface area contributed by atoms with Crippen molar-refractivity contribution in [2.24, 2.45) is 10.7 Å². The Bertz CT molecular complexity index is 856. The molecule has 1 unspecified atom stereocenters. The van der Waals surface area contributed by atoms with Crippen molar-refractivity contribution in [1.82, 2.24) is 10.6 Å². The van der Waals surface area contributed by atoms with Gasteiger partial charge in [0.05, 0.1) is 25.8 Å². The fourth-order valence-electron chi connectivity index (χ4n) is 2.89. The summed E-state index contributed by atoms with van der Waals surface area (Å²) in [5, 5.41) is 6.69. The van der Waals surface area contributed by atoms with Crippen molar-refractivity contribution in [2.45, 2.75) is 40.3 Å². The number of nitrogens with one attached hydrogen (secondary N) is 2. The predicted molar refractivity (Wildman–Crippen MR) is 136 cm³/mol. The molecular formula is C23H33IN4O3. The minimum atomic E-state index is -0.435. The first-order chi connectivity index (χ1) is 14.5. The van der Waals surface area contributed by atoms with E-state index in [0.29, 0.717) is 31.3 Å². The van der Waals surface area contributed by atoms with E-state index in [1.807, 2.05) is 51.1 Å². The van der Waals surface area contributed by atoms with Crippen LogP contribution in [0.25, 0.3) is 0 Å². The molecule has 0 radical (unpaired) electrons. The van der Waals surface area contributed by atoms with Crippen molar-refractivity contribution in [2.75, 3.05) is 19.8 Å². The molecule has 0 aliphatic rings. The number of benzene rings is 2. The van der Waals surface area contributed by atoms with E-state index in [0.717, 1.165) is 29.2 Å². The Morgan fingerprint density at radius 3 is 2.26 bits per heavy atom. The fraction of sp³-hybridized carbons (Fsp3) is 0.391. The van der Waals surface area contributed by atoms with Gasteiger partial charge in [-0.25, -0.2) is 4.99 Å². The van der Waals surface area contributed by atoms with E-state index in [2.05, 4.69) is 22.5 Å². The number of carbonyl (C=O) groups is 1. The third-order valence-corrected chi connectivity index (χ3v) is 4.42. The van der Waals surface area contributed by atoms with Crippen LogP contribution in [-0.2, 0) is 6.54 Å². The first-order valence-electron chi connectivity index (χ1n) is 10.3. The van der Waals surface area contributed by atoms with E-state index in [9.17, 15) is 4.79 Å². The molecule has 1 atom stereocenters. The number of nitrogens with zero attached hydrogens (tertiary/aromatic N) is 1. The minimum Gasteiger partial charge on any atom is -0.490 e. The van der Waals surface area contributed by atoms with Crippen molar-refractivity contribution in [3.63, 3.8) is 0 Å². The summed E-state index contributed by atoms with van der Waals surface area (Å²) in [6.07, 6.45) is 0. The maximum atomic E-state index is 11.2. The number of rotatable bonds is 10. The zero-order valence-corrected chi connectivity index (χ0v) is 20.9. The Kier molecular flexibility index (Phi) is 11.8. The molecule has 8 heteroatoms. The van der Waals surface area contributed by atoms with Crippen molar-refractivity contribution < 1.29 is 14.3 Å². The summed E-state index contributed by atoms with van der Waals surface area (Å²) < 4.78 is 11.4. The second-order valence-electron chi connectivity index (χ2n) is 6.69. The molecule has 0 aliphatic carbocycles. The van der Waals surface area contributed by atoms with Gasteiger partial charge in [-0.15, -0.1) is 24.0 Å². The van der Waals surface area contributed by atoms with Gasteiger partial charge in [-0.05, 0) is 63.1 Å². The smallest absolute Gasteiger partial charge is 0.248 e. The lowest BCUT2D eigenvalue weighted by atomic mass is 10.1. The standard InChI is InChI=1S/C23H32N4O3.HI/c1-5-25-23(26-15-17-8-10-18(11-9-17)22(24)28)27-16(4)19-12-13-20(29-6-2)21(14-19)30-7-3;/h8-14,16H,5-7,15H2,1-4H3,(H2,24,28)(H2,25,26,27);1H. The molecule has 0 bridgehead atoms. The molecule has 31 heavy (non-hydrogen) atoms. The first kappa shape index (κ1) is 26.5. The average Bonchev–Trinajstić information content (AvgIpc) is 2.74. The van der Waals surface area contributed by atoms with Crippen molar-refractivity contribution in [1.29, 1.82) is 0 Å². The van der Waals surface area contributed by atoms with Crippen molar-refractivity contribution in [3.8, 4) is 11.5 Å². The number of nitrogens with two attached hydrogens (primary N) is 1. The summed E-state index contributed by atoms with van der Waals surface area (Å²) in [6.45, 7) is 10.4. The molecule has 0 spiro atoms. The molecule has 7 nitrogen and oxygen atoms in total. The monoisotopic (exact) mass is 540 g/mol. The maximum absolute atomic E-state index is 11.2. The topological polar surface area (TPSA) is 98.0 Å². The van der Waals surface area contributed by atoms with E-state index >= 15 is 0 Å². The molecule has 2 aromatic carbocycles. The van der Waals surface area contributed by atoms with E-state index in [-0.39, 0.29) is 30.0 Å². The summed E-state index contributed by atoms with van der Waals surface area (Å²) in [6, 6.07) is 13.1. The number of hydrogen-bond acceptors (Lipinski definition) is 4. The van der Waals surface area contributed by atoms with Crippen LogP contribution < -0.4 is 25.8 Å². The predicted octanol–water partition coefficient (Wildman–Crippen LogP) is 4.02. The van der Waals surface area contributed by atoms with Crippen LogP contribution in [0.1, 0.15) is 55.2 Å². The lowest BCUT2D eigenvalue weighted by molar-refractivity contribution is 0.100. The summed E-state index contributed by atoms with van der Waals surface area (Å²) in [4.78, 5) is 15.9. The van der Waals surface area contributed by atoms with Crippen LogP contribution in [-0.4, -0.2) is 31.6 Å². The zero-order valence-electron chi connectivity index (χ0n) is 18.6. The highest BCUT2D eigenvalue weighted by Crippen LogP contribution is 2.30. The molecular weight excluding hydrogens is 507 g/mol. The van der Waals surface area contributed by atoms with Crippen LogP contribution in [0.2, 0.25) is 0 Å². The van der Waals surface area contributed by atoms with Crippen molar-refractivity contribution in [3.05, 3.63) is 59.2 Å². The molecule has 2 aromatic rings. The largest absolute Gasteiger partial charge is 0.490 e. The number of guanidine groups is 1. The minimum absolute atomic E-state index is 0. The second-order valence-corrected chi connectivity index (χ2v) is 6.69. The molecule has 0 aliphatic heterocycles. The molecule has 0 saturated heterocycles. The Hall–Kier alpha value is -2.49.